The molecule has 132 valence electrons. The summed E-state index contributed by atoms with van der Waals surface area (Å²) in [7, 11) is 0. The molecule has 0 aliphatic carbocycles. The Morgan fingerprint density at radius 2 is 1.54 bits per heavy atom. The summed E-state index contributed by atoms with van der Waals surface area (Å²) in [5.74, 6) is -4.06. The van der Waals surface area contributed by atoms with Crippen LogP contribution in [0.1, 0.15) is 12.5 Å². The van der Waals surface area contributed by atoms with E-state index in [2.05, 4.69) is 4.99 Å². The van der Waals surface area contributed by atoms with Crippen molar-refractivity contribution < 1.29 is 22.7 Å². The average molecular weight is 359 g/mol. The molecule has 0 saturated heterocycles. The van der Waals surface area contributed by atoms with Gasteiger partial charge in [0.2, 0.25) is 0 Å². The Hall–Kier alpha value is -3.15. The zero-order chi connectivity index (χ0) is 18.8. The lowest BCUT2D eigenvalue weighted by molar-refractivity contribution is 0.429. The Labute approximate surface area is 147 Å². The minimum absolute atomic E-state index is 0.00385. The number of phenolic OH excluding ortho intramolecular Hbond substituents is 1. The number of nitrogens with zero attached hydrogens (tertiary/aromatic N) is 1. The van der Waals surface area contributed by atoms with E-state index in [-0.39, 0.29) is 11.3 Å². The normalized spacial score (nSPS) is 11.7. The fourth-order valence-electron chi connectivity index (χ4n) is 2.51. The minimum Gasteiger partial charge on any atom is -0.505 e. The molecule has 0 aliphatic rings. The smallest absolute Gasteiger partial charge is 0.193 e. The van der Waals surface area contributed by atoms with Crippen LogP contribution in [0.3, 0.4) is 0 Å². The van der Waals surface area contributed by atoms with Crippen molar-refractivity contribution in [3.63, 3.8) is 0 Å². The van der Waals surface area contributed by atoms with E-state index in [9.17, 15) is 22.7 Å². The van der Waals surface area contributed by atoms with Gasteiger partial charge in [-0.1, -0.05) is 18.2 Å². The Kier molecular flexibility index (Phi) is 4.75. The highest BCUT2D eigenvalue weighted by Gasteiger charge is 2.15. The van der Waals surface area contributed by atoms with Crippen molar-refractivity contribution in [2.24, 2.45) is 4.99 Å². The molecule has 0 radical (unpaired) electrons. The molecule has 0 amide bonds. The molecule has 0 spiro atoms. The monoisotopic (exact) mass is 359 g/mol. The number of halogens is 4. The zero-order valence-corrected chi connectivity index (χ0v) is 13.6. The van der Waals surface area contributed by atoms with E-state index in [0.717, 1.165) is 12.1 Å². The molecule has 0 fully saturated rings. The number of hydrogen-bond donors (Lipinski definition) is 1. The summed E-state index contributed by atoms with van der Waals surface area (Å²) >= 11 is 0. The maximum absolute atomic E-state index is 14.2. The topological polar surface area (TPSA) is 32.6 Å². The fraction of sp³-hybridized carbons (Fsp3) is 0.0500. The molecule has 2 nitrogen and oxygen atoms in total. The predicted octanol–water partition coefficient (Wildman–Crippen LogP) is 5.76. The molecular formula is C20H13F4NO. The van der Waals surface area contributed by atoms with Gasteiger partial charge in [0.25, 0.3) is 0 Å². The third-order valence-corrected chi connectivity index (χ3v) is 3.84. The summed E-state index contributed by atoms with van der Waals surface area (Å²) in [5.41, 5.74) is 0.345. The first-order valence-electron chi connectivity index (χ1n) is 7.65. The van der Waals surface area contributed by atoms with Gasteiger partial charge in [0, 0.05) is 11.3 Å². The van der Waals surface area contributed by atoms with Gasteiger partial charge in [-0.2, -0.15) is 0 Å². The van der Waals surface area contributed by atoms with Crippen molar-refractivity contribution in [2.75, 3.05) is 0 Å². The predicted molar refractivity (Wildman–Crippen MR) is 91.7 cm³/mol. The fourth-order valence-corrected chi connectivity index (χ4v) is 2.51. The second-order valence-electron chi connectivity index (χ2n) is 5.63. The third-order valence-electron chi connectivity index (χ3n) is 3.84. The van der Waals surface area contributed by atoms with Gasteiger partial charge in [-0.05, 0) is 54.4 Å². The Balaban J connectivity index is 2.09. The van der Waals surface area contributed by atoms with Crippen LogP contribution in [0.15, 0.2) is 59.6 Å². The number of benzene rings is 3. The van der Waals surface area contributed by atoms with E-state index in [1.807, 2.05) is 0 Å². The van der Waals surface area contributed by atoms with Crippen molar-refractivity contribution in [3.8, 4) is 16.9 Å². The lowest BCUT2D eigenvalue weighted by Gasteiger charge is -2.09. The number of hydrogen-bond acceptors (Lipinski definition) is 2. The van der Waals surface area contributed by atoms with Crippen molar-refractivity contribution >= 4 is 11.4 Å². The third kappa shape index (κ3) is 3.44. The van der Waals surface area contributed by atoms with Crippen molar-refractivity contribution in [1.29, 1.82) is 0 Å². The summed E-state index contributed by atoms with van der Waals surface area (Å²) in [5, 5.41) is 9.36. The second-order valence-corrected chi connectivity index (χ2v) is 5.63. The Bertz CT molecular complexity index is 1010. The number of phenols is 1. The molecule has 0 aromatic heterocycles. The molecule has 0 aliphatic heterocycles. The van der Waals surface area contributed by atoms with E-state index in [4.69, 9.17) is 0 Å². The van der Waals surface area contributed by atoms with Crippen LogP contribution in [0.5, 0.6) is 5.75 Å². The molecule has 26 heavy (non-hydrogen) atoms. The summed E-state index contributed by atoms with van der Waals surface area (Å²) in [6, 6.07) is 11.5. The van der Waals surface area contributed by atoms with Crippen LogP contribution in [0.4, 0.5) is 23.2 Å². The standard InChI is InChI=1S/C20H13F4NO/c1-11(25-20-17(23)7-8-18(26)19(20)24)15-10-13(5-6-16(15)22)12-3-2-4-14(21)9-12/h2-10,26H,1H3. The lowest BCUT2D eigenvalue weighted by Crippen LogP contribution is -2.00. The van der Waals surface area contributed by atoms with Crippen LogP contribution < -0.4 is 0 Å². The van der Waals surface area contributed by atoms with Crippen LogP contribution in [-0.4, -0.2) is 10.8 Å². The Morgan fingerprint density at radius 3 is 2.27 bits per heavy atom. The zero-order valence-electron chi connectivity index (χ0n) is 13.6. The van der Waals surface area contributed by atoms with Crippen LogP contribution >= 0.6 is 0 Å². The summed E-state index contributed by atoms with van der Waals surface area (Å²) in [6.45, 7) is 1.39. The highest BCUT2D eigenvalue weighted by molar-refractivity contribution is 6.01. The van der Waals surface area contributed by atoms with Gasteiger partial charge in [0.05, 0.1) is 0 Å². The molecule has 0 bridgehead atoms. The molecule has 3 aromatic carbocycles. The van der Waals surface area contributed by atoms with Crippen molar-refractivity contribution in [1.82, 2.24) is 0 Å². The number of aromatic hydroxyl groups is 1. The van der Waals surface area contributed by atoms with E-state index in [1.54, 1.807) is 6.07 Å². The van der Waals surface area contributed by atoms with Crippen LogP contribution in [0.2, 0.25) is 0 Å². The molecule has 3 aromatic rings. The van der Waals surface area contributed by atoms with Gasteiger partial charge in [-0.25, -0.2) is 22.6 Å². The summed E-state index contributed by atoms with van der Waals surface area (Å²) < 4.78 is 55.3. The first-order chi connectivity index (χ1) is 12.4. The molecule has 6 heteroatoms. The van der Waals surface area contributed by atoms with Crippen LogP contribution in [0, 0.1) is 23.3 Å². The van der Waals surface area contributed by atoms with E-state index < -0.39 is 34.7 Å². The molecular weight excluding hydrogens is 346 g/mol. The summed E-state index contributed by atoms with van der Waals surface area (Å²) in [6.07, 6.45) is 0. The van der Waals surface area contributed by atoms with E-state index in [0.29, 0.717) is 11.1 Å². The van der Waals surface area contributed by atoms with Crippen LogP contribution in [-0.2, 0) is 0 Å². The molecule has 0 heterocycles. The first kappa shape index (κ1) is 17.7. The largest absolute Gasteiger partial charge is 0.505 e. The van der Waals surface area contributed by atoms with Gasteiger partial charge in [0.1, 0.15) is 17.3 Å². The van der Waals surface area contributed by atoms with Gasteiger partial charge in [-0.15, -0.1) is 0 Å². The molecule has 1 N–H and O–H groups in total. The average Bonchev–Trinajstić information content (AvgIpc) is 2.62. The maximum atomic E-state index is 14.2. The van der Waals surface area contributed by atoms with Gasteiger partial charge < -0.3 is 5.11 Å². The van der Waals surface area contributed by atoms with Gasteiger partial charge in [0.15, 0.2) is 17.4 Å². The second kappa shape index (κ2) is 7.00. The first-order valence-corrected chi connectivity index (χ1v) is 7.65. The Morgan fingerprint density at radius 1 is 0.846 bits per heavy atom. The van der Waals surface area contributed by atoms with Gasteiger partial charge >= 0.3 is 0 Å². The summed E-state index contributed by atoms with van der Waals surface area (Å²) in [4.78, 5) is 3.79. The highest BCUT2D eigenvalue weighted by atomic mass is 19.1. The molecule has 0 unspecified atom stereocenters. The van der Waals surface area contributed by atoms with Crippen molar-refractivity contribution in [3.05, 3.63) is 83.4 Å². The molecule has 3 rings (SSSR count). The maximum Gasteiger partial charge on any atom is 0.193 e. The molecule has 0 atom stereocenters. The van der Waals surface area contributed by atoms with Crippen molar-refractivity contribution in [2.45, 2.75) is 6.92 Å². The SMILES string of the molecule is CC(=Nc1c(F)ccc(O)c1F)c1cc(-c2cccc(F)c2)ccc1F. The van der Waals surface area contributed by atoms with E-state index >= 15 is 0 Å². The van der Waals surface area contributed by atoms with E-state index in [1.165, 1.54) is 43.3 Å². The number of aliphatic imine (C=N–C) groups is 1. The molecule has 0 saturated carbocycles. The highest BCUT2D eigenvalue weighted by Crippen LogP contribution is 2.30. The lowest BCUT2D eigenvalue weighted by atomic mass is 10.0. The van der Waals surface area contributed by atoms with Gasteiger partial charge in [-0.3, -0.25) is 0 Å². The number of rotatable bonds is 3. The quantitative estimate of drug-likeness (QED) is 0.468. The minimum atomic E-state index is -1.23. The van der Waals surface area contributed by atoms with Crippen LogP contribution in [0.25, 0.3) is 11.1 Å².